The van der Waals surface area contributed by atoms with E-state index in [9.17, 15) is 0 Å². The van der Waals surface area contributed by atoms with Crippen LogP contribution in [0.2, 0.25) is 0 Å². The standard InChI is InChI=1S/C21H27N7/c1-5-27-12-24-19-18(27)9-16(10-22-19)8-6-7-15(4)28-13-25-20-21(28)26-17(11-23-20)14(2)3/h9-15H,5-8H2,1-4H3. The average molecular weight is 377 g/mol. The van der Waals surface area contributed by atoms with E-state index in [2.05, 4.69) is 62.8 Å². The lowest BCUT2D eigenvalue weighted by Gasteiger charge is -2.14. The van der Waals surface area contributed by atoms with Crippen molar-refractivity contribution in [2.24, 2.45) is 0 Å². The first-order chi connectivity index (χ1) is 13.6. The molecule has 4 aromatic heterocycles. The SMILES string of the molecule is CCn1cnc2ncc(CCCC(C)n3cnc4ncc(C(C)C)nc43)cc21. The van der Waals surface area contributed by atoms with Gasteiger partial charge in [-0.2, -0.15) is 0 Å². The van der Waals surface area contributed by atoms with Crippen molar-refractivity contribution in [1.82, 2.24) is 34.1 Å². The molecule has 4 aromatic rings. The van der Waals surface area contributed by atoms with Gasteiger partial charge in [0, 0.05) is 18.8 Å². The molecule has 4 heterocycles. The van der Waals surface area contributed by atoms with Crippen LogP contribution in [0.15, 0.2) is 31.1 Å². The van der Waals surface area contributed by atoms with Crippen molar-refractivity contribution >= 4 is 22.5 Å². The summed E-state index contributed by atoms with van der Waals surface area (Å²) < 4.78 is 4.29. The second-order valence-corrected chi connectivity index (χ2v) is 7.71. The molecular formula is C21H27N7. The zero-order chi connectivity index (χ0) is 19.7. The molecule has 0 spiro atoms. The molecule has 0 fully saturated rings. The van der Waals surface area contributed by atoms with Crippen LogP contribution >= 0.6 is 0 Å². The van der Waals surface area contributed by atoms with Gasteiger partial charge >= 0.3 is 0 Å². The Morgan fingerprint density at radius 1 is 0.964 bits per heavy atom. The molecule has 0 aromatic carbocycles. The van der Waals surface area contributed by atoms with Crippen LogP contribution in [0.25, 0.3) is 22.5 Å². The van der Waals surface area contributed by atoms with Crippen molar-refractivity contribution in [2.45, 2.75) is 65.5 Å². The van der Waals surface area contributed by atoms with Crippen LogP contribution in [0, 0.1) is 0 Å². The maximum atomic E-state index is 4.79. The van der Waals surface area contributed by atoms with Gasteiger partial charge < -0.3 is 9.13 Å². The number of aryl methyl sites for hydroxylation is 2. The van der Waals surface area contributed by atoms with Crippen LogP contribution in [0.4, 0.5) is 0 Å². The molecule has 0 N–H and O–H groups in total. The van der Waals surface area contributed by atoms with Crippen LogP contribution < -0.4 is 0 Å². The average Bonchev–Trinajstić information content (AvgIpc) is 3.30. The first-order valence-corrected chi connectivity index (χ1v) is 10.1. The number of nitrogens with zero attached hydrogens (tertiary/aromatic N) is 7. The molecule has 0 aliphatic carbocycles. The fraction of sp³-hybridized carbons (Fsp3) is 0.476. The van der Waals surface area contributed by atoms with E-state index in [1.807, 2.05) is 25.0 Å². The van der Waals surface area contributed by atoms with Gasteiger partial charge in [0.2, 0.25) is 0 Å². The Morgan fingerprint density at radius 2 is 1.75 bits per heavy atom. The predicted octanol–water partition coefficient (Wildman–Crippen LogP) is 4.30. The quantitative estimate of drug-likeness (QED) is 0.480. The molecular weight excluding hydrogens is 350 g/mol. The first-order valence-electron chi connectivity index (χ1n) is 10.1. The molecule has 0 amide bonds. The summed E-state index contributed by atoms with van der Waals surface area (Å²) in [5, 5.41) is 0. The Morgan fingerprint density at radius 3 is 2.54 bits per heavy atom. The van der Waals surface area contributed by atoms with E-state index in [0.29, 0.717) is 12.0 Å². The number of aromatic nitrogens is 7. The predicted molar refractivity (Wildman–Crippen MR) is 110 cm³/mol. The van der Waals surface area contributed by atoms with Crippen LogP contribution in [0.1, 0.15) is 63.8 Å². The summed E-state index contributed by atoms with van der Waals surface area (Å²) in [4.78, 5) is 22.5. The van der Waals surface area contributed by atoms with Gasteiger partial charge in [-0.1, -0.05) is 13.8 Å². The Labute approximate surface area is 164 Å². The molecule has 7 heteroatoms. The van der Waals surface area contributed by atoms with E-state index in [1.165, 1.54) is 5.56 Å². The first kappa shape index (κ1) is 18.5. The molecule has 0 radical (unpaired) electrons. The highest BCUT2D eigenvalue weighted by Gasteiger charge is 2.13. The second kappa shape index (κ2) is 7.66. The molecule has 1 atom stereocenters. The van der Waals surface area contributed by atoms with Crippen molar-refractivity contribution in [2.75, 3.05) is 0 Å². The lowest BCUT2D eigenvalue weighted by Crippen LogP contribution is -2.07. The molecule has 7 nitrogen and oxygen atoms in total. The maximum absolute atomic E-state index is 4.79. The van der Waals surface area contributed by atoms with Gasteiger partial charge in [-0.15, -0.1) is 0 Å². The molecule has 1 unspecified atom stereocenters. The summed E-state index contributed by atoms with van der Waals surface area (Å²) in [6.45, 7) is 9.52. The normalized spacial score (nSPS) is 13.0. The third-order valence-corrected chi connectivity index (χ3v) is 5.33. The van der Waals surface area contributed by atoms with Gasteiger partial charge in [-0.25, -0.2) is 24.9 Å². The monoisotopic (exact) mass is 377 g/mol. The summed E-state index contributed by atoms with van der Waals surface area (Å²) in [5.74, 6) is 0.356. The van der Waals surface area contributed by atoms with E-state index in [4.69, 9.17) is 4.98 Å². The summed E-state index contributed by atoms with van der Waals surface area (Å²) in [6, 6.07) is 2.54. The Kier molecular flexibility index (Phi) is 5.07. The second-order valence-electron chi connectivity index (χ2n) is 7.71. The zero-order valence-electron chi connectivity index (χ0n) is 17.0. The lowest BCUT2D eigenvalue weighted by atomic mass is 10.1. The summed E-state index contributed by atoms with van der Waals surface area (Å²) in [7, 11) is 0. The summed E-state index contributed by atoms with van der Waals surface area (Å²) in [5.41, 5.74) is 5.81. The number of imidazole rings is 2. The van der Waals surface area contributed by atoms with Crippen LogP contribution in [-0.2, 0) is 13.0 Å². The molecule has 4 rings (SSSR count). The van der Waals surface area contributed by atoms with Crippen molar-refractivity contribution in [3.63, 3.8) is 0 Å². The van der Waals surface area contributed by atoms with Crippen molar-refractivity contribution in [3.05, 3.63) is 42.4 Å². The van der Waals surface area contributed by atoms with Gasteiger partial charge in [-0.05, 0) is 50.7 Å². The number of hydrogen-bond donors (Lipinski definition) is 0. The van der Waals surface area contributed by atoms with E-state index in [0.717, 1.165) is 54.0 Å². The zero-order valence-corrected chi connectivity index (χ0v) is 17.0. The highest BCUT2D eigenvalue weighted by molar-refractivity contribution is 5.71. The smallest absolute Gasteiger partial charge is 0.197 e. The van der Waals surface area contributed by atoms with Crippen LogP contribution in [0.5, 0.6) is 0 Å². The van der Waals surface area contributed by atoms with Crippen molar-refractivity contribution < 1.29 is 0 Å². The minimum absolute atomic E-state index is 0.319. The topological polar surface area (TPSA) is 74.3 Å². The molecule has 0 saturated heterocycles. The number of hydrogen-bond acceptors (Lipinski definition) is 5. The van der Waals surface area contributed by atoms with E-state index >= 15 is 0 Å². The number of rotatable bonds is 7. The fourth-order valence-corrected chi connectivity index (χ4v) is 3.54. The molecule has 0 aliphatic rings. The van der Waals surface area contributed by atoms with Crippen molar-refractivity contribution in [1.29, 1.82) is 0 Å². The van der Waals surface area contributed by atoms with Crippen molar-refractivity contribution in [3.8, 4) is 0 Å². The largest absolute Gasteiger partial charge is 0.329 e. The molecule has 28 heavy (non-hydrogen) atoms. The van der Waals surface area contributed by atoms with Gasteiger partial charge in [0.1, 0.15) is 0 Å². The van der Waals surface area contributed by atoms with E-state index in [1.54, 1.807) is 0 Å². The molecule has 0 saturated carbocycles. The highest BCUT2D eigenvalue weighted by atomic mass is 15.1. The van der Waals surface area contributed by atoms with Gasteiger partial charge in [0.25, 0.3) is 0 Å². The summed E-state index contributed by atoms with van der Waals surface area (Å²) >= 11 is 0. The lowest BCUT2D eigenvalue weighted by molar-refractivity contribution is 0.496. The van der Waals surface area contributed by atoms with E-state index in [-0.39, 0.29) is 0 Å². The van der Waals surface area contributed by atoms with Gasteiger partial charge in [0.15, 0.2) is 16.9 Å². The minimum Gasteiger partial charge on any atom is -0.329 e. The van der Waals surface area contributed by atoms with Crippen LogP contribution in [-0.4, -0.2) is 34.1 Å². The third-order valence-electron chi connectivity index (χ3n) is 5.33. The molecule has 0 aliphatic heterocycles. The molecule has 0 bridgehead atoms. The Bertz CT molecular complexity index is 1090. The number of pyridine rings is 1. The van der Waals surface area contributed by atoms with Gasteiger partial charge in [0.05, 0.1) is 30.1 Å². The third kappa shape index (κ3) is 3.48. The van der Waals surface area contributed by atoms with E-state index < -0.39 is 0 Å². The summed E-state index contributed by atoms with van der Waals surface area (Å²) in [6.07, 6.45) is 10.6. The maximum Gasteiger partial charge on any atom is 0.197 e. The Hall–Kier alpha value is -2.83. The van der Waals surface area contributed by atoms with Crippen LogP contribution in [0.3, 0.4) is 0 Å². The molecule has 146 valence electrons. The minimum atomic E-state index is 0.319. The number of fused-ring (bicyclic) bond motifs is 2. The fourth-order valence-electron chi connectivity index (χ4n) is 3.54. The Balaban J connectivity index is 1.45. The highest BCUT2D eigenvalue weighted by Crippen LogP contribution is 2.22. The van der Waals surface area contributed by atoms with Gasteiger partial charge in [-0.3, -0.25) is 0 Å².